The van der Waals surface area contributed by atoms with Crippen molar-refractivity contribution < 1.29 is 0 Å². The molecule has 0 bridgehead atoms. The molecule has 4 heteroatoms. The predicted octanol–water partition coefficient (Wildman–Crippen LogP) is 2.31. The summed E-state index contributed by atoms with van der Waals surface area (Å²) in [7, 11) is 0. The molecule has 0 aliphatic heterocycles. The van der Waals surface area contributed by atoms with Gasteiger partial charge < -0.3 is 0 Å². The number of hydrogen-bond donors (Lipinski definition) is 0. The first kappa shape index (κ1) is 9.21. The van der Waals surface area contributed by atoms with Crippen LogP contribution in [0.3, 0.4) is 0 Å². The Morgan fingerprint density at radius 3 is 2.93 bits per heavy atom. The third-order valence-electron chi connectivity index (χ3n) is 1.92. The van der Waals surface area contributed by atoms with Gasteiger partial charge in [-0.05, 0) is 24.6 Å². The normalized spacial score (nSPS) is 10.4. The number of alkyl halides is 1. The van der Waals surface area contributed by atoms with Crippen LogP contribution in [0.2, 0.25) is 0 Å². The molecule has 0 saturated carbocycles. The van der Waals surface area contributed by atoms with Crippen LogP contribution in [0.4, 0.5) is 0 Å². The Balaban J connectivity index is 2.41. The van der Waals surface area contributed by atoms with Crippen LogP contribution in [-0.4, -0.2) is 14.8 Å². The van der Waals surface area contributed by atoms with E-state index in [2.05, 4.69) is 10.1 Å². The molecule has 0 aliphatic rings. The van der Waals surface area contributed by atoms with Gasteiger partial charge in [0.1, 0.15) is 0 Å². The number of rotatable bonds is 2. The monoisotopic (exact) mass is 207 g/mol. The van der Waals surface area contributed by atoms with Gasteiger partial charge in [-0.15, -0.1) is 11.6 Å². The summed E-state index contributed by atoms with van der Waals surface area (Å²) in [5.74, 6) is 0.473. The Morgan fingerprint density at radius 1 is 1.43 bits per heavy atom. The molecule has 2 heterocycles. The van der Waals surface area contributed by atoms with Crippen molar-refractivity contribution in [3.8, 4) is 5.69 Å². The van der Waals surface area contributed by atoms with E-state index in [0.717, 1.165) is 16.9 Å². The number of nitrogens with zero attached hydrogens (tertiary/aromatic N) is 3. The highest BCUT2D eigenvalue weighted by molar-refractivity contribution is 6.17. The minimum absolute atomic E-state index is 0.473. The molecule has 2 rings (SSSR count). The Hall–Kier alpha value is -1.35. The molecule has 0 unspecified atom stereocenters. The summed E-state index contributed by atoms with van der Waals surface area (Å²) < 4.78 is 1.79. The Bertz CT molecular complexity index is 436. The second-order valence-electron chi connectivity index (χ2n) is 3.09. The van der Waals surface area contributed by atoms with Gasteiger partial charge in [-0.1, -0.05) is 0 Å². The zero-order valence-corrected chi connectivity index (χ0v) is 8.57. The van der Waals surface area contributed by atoms with Crippen molar-refractivity contribution in [1.82, 2.24) is 14.8 Å². The minimum atomic E-state index is 0.473. The van der Waals surface area contributed by atoms with Crippen LogP contribution < -0.4 is 0 Å². The molecule has 3 nitrogen and oxygen atoms in total. The lowest BCUT2D eigenvalue weighted by Gasteiger charge is -2.01. The maximum absolute atomic E-state index is 5.72. The molecular formula is C10H10ClN3. The van der Waals surface area contributed by atoms with Crippen LogP contribution in [-0.2, 0) is 5.88 Å². The quantitative estimate of drug-likeness (QED) is 0.708. The lowest BCUT2D eigenvalue weighted by molar-refractivity contribution is 0.854. The number of hydrogen-bond acceptors (Lipinski definition) is 2. The molecule has 0 aliphatic carbocycles. The van der Waals surface area contributed by atoms with E-state index < -0.39 is 0 Å². The van der Waals surface area contributed by atoms with E-state index in [1.54, 1.807) is 17.1 Å². The summed E-state index contributed by atoms with van der Waals surface area (Å²) in [5.41, 5.74) is 2.93. The third-order valence-corrected chi connectivity index (χ3v) is 2.23. The maximum Gasteiger partial charge on any atom is 0.0831 e. The number of pyridine rings is 1. The zero-order chi connectivity index (χ0) is 9.97. The molecule has 0 aromatic carbocycles. The van der Waals surface area contributed by atoms with Crippen molar-refractivity contribution in [2.75, 3.05) is 0 Å². The fourth-order valence-corrected chi connectivity index (χ4v) is 1.38. The van der Waals surface area contributed by atoms with E-state index >= 15 is 0 Å². The maximum atomic E-state index is 5.72. The van der Waals surface area contributed by atoms with E-state index in [1.165, 1.54) is 0 Å². The van der Waals surface area contributed by atoms with Crippen molar-refractivity contribution in [3.05, 3.63) is 42.0 Å². The van der Waals surface area contributed by atoms with Crippen molar-refractivity contribution in [2.45, 2.75) is 12.8 Å². The first-order chi connectivity index (χ1) is 6.79. The SMILES string of the molecule is Cc1ccn(-c2cncc(CCl)c2)n1. The van der Waals surface area contributed by atoms with Gasteiger partial charge in [0.25, 0.3) is 0 Å². The molecule has 2 aromatic heterocycles. The van der Waals surface area contributed by atoms with Gasteiger partial charge in [0.15, 0.2) is 0 Å². The molecule has 2 aromatic rings. The first-order valence-electron chi connectivity index (χ1n) is 4.32. The van der Waals surface area contributed by atoms with Crippen molar-refractivity contribution >= 4 is 11.6 Å². The summed E-state index contributed by atoms with van der Waals surface area (Å²) in [6.07, 6.45) is 5.43. The van der Waals surface area contributed by atoms with E-state index in [9.17, 15) is 0 Å². The van der Waals surface area contributed by atoms with Crippen molar-refractivity contribution in [2.24, 2.45) is 0 Å². The molecule has 0 N–H and O–H groups in total. The van der Waals surface area contributed by atoms with Gasteiger partial charge in [0, 0.05) is 18.3 Å². The second-order valence-corrected chi connectivity index (χ2v) is 3.35. The molecule has 0 atom stereocenters. The molecule has 0 amide bonds. The van der Waals surface area contributed by atoms with E-state index in [1.807, 2.05) is 25.3 Å². The van der Waals surface area contributed by atoms with E-state index in [0.29, 0.717) is 5.88 Å². The highest BCUT2D eigenvalue weighted by Crippen LogP contribution is 2.09. The zero-order valence-electron chi connectivity index (χ0n) is 7.81. The standard InChI is InChI=1S/C10H10ClN3/c1-8-2-3-14(13-8)10-4-9(5-11)6-12-7-10/h2-4,6-7H,5H2,1H3. The van der Waals surface area contributed by atoms with Crippen LogP contribution in [0.25, 0.3) is 5.69 Å². The van der Waals surface area contributed by atoms with Crippen LogP contribution in [0, 0.1) is 6.92 Å². The molecule has 0 fully saturated rings. The summed E-state index contributed by atoms with van der Waals surface area (Å²) in [6, 6.07) is 3.93. The van der Waals surface area contributed by atoms with Crippen LogP contribution >= 0.6 is 11.6 Å². The van der Waals surface area contributed by atoms with E-state index in [-0.39, 0.29) is 0 Å². The number of aryl methyl sites for hydroxylation is 1. The van der Waals surface area contributed by atoms with E-state index in [4.69, 9.17) is 11.6 Å². The summed E-state index contributed by atoms with van der Waals surface area (Å²) in [4.78, 5) is 4.10. The van der Waals surface area contributed by atoms with Gasteiger partial charge in [-0.2, -0.15) is 5.10 Å². The Morgan fingerprint density at radius 2 is 2.29 bits per heavy atom. The second kappa shape index (κ2) is 3.80. The lowest BCUT2D eigenvalue weighted by Crippen LogP contribution is -1.96. The summed E-state index contributed by atoms with van der Waals surface area (Å²) in [5, 5.41) is 4.29. The van der Waals surface area contributed by atoms with Crippen molar-refractivity contribution in [3.63, 3.8) is 0 Å². The largest absolute Gasteiger partial charge is 0.262 e. The smallest absolute Gasteiger partial charge is 0.0831 e. The highest BCUT2D eigenvalue weighted by Gasteiger charge is 1.99. The van der Waals surface area contributed by atoms with Gasteiger partial charge in [-0.25, -0.2) is 4.68 Å². The summed E-state index contributed by atoms with van der Waals surface area (Å²) in [6.45, 7) is 1.95. The average molecular weight is 208 g/mol. The van der Waals surface area contributed by atoms with Crippen LogP contribution in [0.15, 0.2) is 30.7 Å². The first-order valence-corrected chi connectivity index (χ1v) is 4.85. The lowest BCUT2D eigenvalue weighted by atomic mass is 10.3. The fourth-order valence-electron chi connectivity index (χ4n) is 1.23. The van der Waals surface area contributed by atoms with Crippen LogP contribution in [0.1, 0.15) is 11.3 Å². The molecule has 0 saturated heterocycles. The van der Waals surface area contributed by atoms with Crippen LogP contribution in [0.5, 0.6) is 0 Å². The minimum Gasteiger partial charge on any atom is -0.262 e. The predicted molar refractivity (Wildman–Crippen MR) is 55.7 cm³/mol. The summed E-state index contributed by atoms with van der Waals surface area (Å²) >= 11 is 5.72. The highest BCUT2D eigenvalue weighted by atomic mass is 35.5. The molecule has 14 heavy (non-hydrogen) atoms. The molecular weight excluding hydrogens is 198 g/mol. The van der Waals surface area contributed by atoms with Gasteiger partial charge >= 0.3 is 0 Å². The van der Waals surface area contributed by atoms with Gasteiger partial charge in [0.2, 0.25) is 0 Å². The number of aromatic nitrogens is 3. The third kappa shape index (κ3) is 1.77. The Kier molecular flexibility index (Phi) is 2.50. The molecule has 72 valence electrons. The topological polar surface area (TPSA) is 30.7 Å². The number of halogens is 1. The van der Waals surface area contributed by atoms with Gasteiger partial charge in [-0.3, -0.25) is 4.98 Å². The molecule has 0 spiro atoms. The fraction of sp³-hybridized carbons (Fsp3) is 0.200. The average Bonchev–Trinajstić information content (AvgIpc) is 2.65. The van der Waals surface area contributed by atoms with Crippen molar-refractivity contribution in [1.29, 1.82) is 0 Å². The molecule has 0 radical (unpaired) electrons. The van der Waals surface area contributed by atoms with Gasteiger partial charge in [0.05, 0.1) is 17.6 Å². The Labute approximate surface area is 87.3 Å².